The normalized spacial score (nSPS) is 11.4. The fourth-order valence-electron chi connectivity index (χ4n) is 1.12. The Labute approximate surface area is 89.2 Å². The smallest absolute Gasteiger partial charge is 0.0461 e. The molecule has 0 saturated carbocycles. The maximum absolute atomic E-state index is 6.06. The largest absolute Gasteiger partial charge is 0.102 e. The topological polar surface area (TPSA) is 0 Å². The minimum atomic E-state index is -0.109. The number of allylic oxidation sites excluding steroid dienone is 1. The molecule has 0 aromatic heterocycles. The van der Waals surface area contributed by atoms with Crippen LogP contribution >= 0.6 is 23.2 Å². The average Bonchev–Trinajstić information content (AvgIpc) is 2.03. The Balaban J connectivity index is 3.23. The zero-order valence-corrected chi connectivity index (χ0v) is 9.28. The summed E-state index contributed by atoms with van der Waals surface area (Å²) in [7, 11) is 0. The van der Waals surface area contributed by atoms with Crippen molar-refractivity contribution in [2.75, 3.05) is 0 Å². The van der Waals surface area contributed by atoms with Gasteiger partial charge in [0.1, 0.15) is 0 Å². The van der Waals surface area contributed by atoms with Crippen molar-refractivity contribution in [1.29, 1.82) is 0 Å². The van der Waals surface area contributed by atoms with E-state index in [1.807, 2.05) is 18.2 Å². The first-order chi connectivity index (χ1) is 5.97. The van der Waals surface area contributed by atoms with Crippen LogP contribution in [0.1, 0.15) is 19.4 Å². The molecule has 0 bridgehead atoms. The van der Waals surface area contributed by atoms with Crippen LogP contribution < -0.4 is 0 Å². The molecule has 0 saturated heterocycles. The van der Waals surface area contributed by atoms with Gasteiger partial charge in [0.2, 0.25) is 0 Å². The first-order valence-electron chi connectivity index (χ1n) is 4.06. The Bertz CT molecular complexity index is 327. The lowest BCUT2D eigenvalue weighted by Crippen LogP contribution is -2.13. The predicted molar refractivity (Wildman–Crippen MR) is 59.7 cm³/mol. The highest BCUT2D eigenvalue weighted by Gasteiger charge is 2.18. The summed E-state index contributed by atoms with van der Waals surface area (Å²) in [5.74, 6) is 0. The van der Waals surface area contributed by atoms with Crippen molar-refractivity contribution in [3.05, 3.63) is 46.5 Å². The Morgan fingerprint density at radius 1 is 1.31 bits per heavy atom. The Morgan fingerprint density at radius 3 is 2.38 bits per heavy atom. The highest BCUT2D eigenvalue weighted by atomic mass is 35.5. The van der Waals surface area contributed by atoms with E-state index in [0.717, 1.165) is 5.56 Å². The number of halogens is 2. The molecule has 70 valence electrons. The van der Waals surface area contributed by atoms with Crippen LogP contribution in [0.3, 0.4) is 0 Å². The first-order valence-corrected chi connectivity index (χ1v) is 4.82. The second-order valence-corrected chi connectivity index (χ2v) is 4.39. The summed E-state index contributed by atoms with van der Waals surface area (Å²) in [5, 5.41) is 1.35. The lowest BCUT2D eigenvalue weighted by Gasteiger charge is -2.21. The predicted octanol–water partition coefficient (Wildman–Crippen LogP) is 4.46. The summed E-state index contributed by atoms with van der Waals surface area (Å²) in [4.78, 5) is 0. The van der Waals surface area contributed by atoms with Crippen LogP contribution in [-0.4, -0.2) is 0 Å². The van der Waals surface area contributed by atoms with Gasteiger partial charge in [-0.1, -0.05) is 49.2 Å². The van der Waals surface area contributed by atoms with Gasteiger partial charge in [0, 0.05) is 15.5 Å². The van der Waals surface area contributed by atoms with Crippen LogP contribution in [-0.2, 0) is 5.41 Å². The van der Waals surface area contributed by atoms with Gasteiger partial charge >= 0.3 is 0 Å². The van der Waals surface area contributed by atoms with E-state index in [9.17, 15) is 0 Å². The fraction of sp³-hybridized carbons (Fsp3) is 0.273. The van der Waals surface area contributed by atoms with Crippen LogP contribution in [0.5, 0.6) is 0 Å². The molecule has 0 aliphatic carbocycles. The van der Waals surface area contributed by atoms with E-state index < -0.39 is 0 Å². The van der Waals surface area contributed by atoms with Crippen molar-refractivity contribution in [3.8, 4) is 0 Å². The average molecular weight is 215 g/mol. The lowest BCUT2D eigenvalue weighted by molar-refractivity contribution is 0.672. The summed E-state index contributed by atoms with van der Waals surface area (Å²) in [5.41, 5.74) is 0.940. The number of rotatable bonds is 2. The van der Waals surface area contributed by atoms with Gasteiger partial charge in [0.25, 0.3) is 0 Å². The molecule has 13 heavy (non-hydrogen) atoms. The monoisotopic (exact) mass is 214 g/mol. The maximum atomic E-state index is 6.06. The third-order valence-electron chi connectivity index (χ3n) is 2.14. The van der Waals surface area contributed by atoms with E-state index in [1.165, 1.54) is 0 Å². The van der Waals surface area contributed by atoms with Gasteiger partial charge in [-0.2, -0.15) is 0 Å². The van der Waals surface area contributed by atoms with Gasteiger partial charge in [-0.05, 0) is 17.7 Å². The van der Waals surface area contributed by atoms with Crippen LogP contribution in [0.4, 0.5) is 0 Å². The van der Waals surface area contributed by atoms with E-state index in [0.29, 0.717) is 10.0 Å². The van der Waals surface area contributed by atoms with Gasteiger partial charge in [-0.3, -0.25) is 0 Å². The van der Waals surface area contributed by atoms with Crippen molar-refractivity contribution >= 4 is 23.2 Å². The summed E-state index contributed by atoms with van der Waals surface area (Å²) in [6.07, 6.45) is 1.88. The second-order valence-electron chi connectivity index (χ2n) is 3.55. The van der Waals surface area contributed by atoms with Crippen molar-refractivity contribution in [1.82, 2.24) is 0 Å². The van der Waals surface area contributed by atoms with Gasteiger partial charge in [-0.25, -0.2) is 0 Å². The van der Waals surface area contributed by atoms with Gasteiger partial charge in [-0.15, -0.1) is 6.58 Å². The molecule has 0 spiro atoms. The summed E-state index contributed by atoms with van der Waals surface area (Å²) < 4.78 is 0. The highest BCUT2D eigenvalue weighted by molar-refractivity contribution is 6.35. The molecule has 0 atom stereocenters. The Kier molecular flexibility index (Phi) is 3.05. The van der Waals surface area contributed by atoms with E-state index in [4.69, 9.17) is 23.2 Å². The van der Waals surface area contributed by atoms with Gasteiger partial charge in [0.05, 0.1) is 0 Å². The molecule has 1 aromatic rings. The fourth-order valence-corrected chi connectivity index (χ4v) is 1.77. The molecule has 2 heteroatoms. The number of hydrogen-bond acceptors (Lipinski definition) is 0. The van der Waals surface area contributed by atoms with E-state index in [2.05, 4.69) is 20.4 Å². The third kappa shape index (κ3) is 2.26. The summed E-state index contributed by atoms with van der Waals surface area (Å²) >= 11 is 11.9. The maximum Gasteiger partial charge on any atom is 0.0461 e. The molecule has 0 aliphatic rings. The van der Waals surface area contributed by atoms with Crippen LogP contribution in [0, 0.1) is 0 Å². The molecule has 1 aromatic carbocycles. The van der Waals surface area contributed by atoms with Gasteiger partial charge in [0.15, 0.2) is 0 Å². The quantitative estimate of drug-likeness (QED) is 0.639. The van der Waals surface area contributed by atoms with E-state index in [1.54, 1.807) is 6.07 Å². The van der Waals surface area contributed by atoms with Gasteiger partial charge < -0.3 is 0 Å². The molecule has 0 heterocycles. The Hall–Kier alpha value is -0.460. The zero-order valence-electron chi connectivity index (χ0n) is 7.77. The number of hydrogen-bond donors (Lipinski definition) is 0. The van der Waals surface area contributed by atoms with Crippen molar-refractivity contribution in [3.63, 3.8) is 0 Å². The second kappa shape index (κ2) is 3.73. The molecule has 0 radical (unpaired) electrons. The third-order valence-corrected chi connectivity index (χ3v) is 2.68. The molecular formula is C11H12Cl2. The molecule has 0 nitrogen and oxygen atoms in total. The molecule has 0 aliphatic heterocycles. The molecular weight excluding hydrogens is 203 g/mol. The minimum Gasteiger partial charge on any atom is -0.102 e. The van der Waals surface area contributed by atoms with Crippen molar-refractivity contribution in [2.24, 2.45) is 0 Å². The molecule has 0 fully saturated rings. The van der Waals surface area contributed by atoms with Crippen LogP contribution in [0.25, 0.3) is 0 Å². The van der Waals surface area contributed by atoms with Crippen molar-refractivity contribution < 1.29 is 0 Å². The van der Waals surface area contributed by atoms with Crippen LogP contribution in [0.2, 0.25) is 10.0 Å². The SMILES string of the molecule is C=CC(C)(C)c1ccc(Cl)cc1Cl. The standard InChI is InChI=1S/C11H12Cl2/c1-4-11(2,3)9-6-5-8(12)7-10(9)13/h4-7H,1H2,2-3H3. The molecule has 0 unspecified atom stereocenters. The molecule has 1 rings (SSSR count). The zero-order chi connectivity index (χ0) is 10.1. The Morgan fingerprint density at radius 2 is 1.92 bits per heavy atom. The van der Waals surface area contributed by atoms with E-state index in [-0.39, 0.29) is 5.41 Å². The first kappa shape index (κ1) is 10.6. The molecule has 0 N–H and O–H groups in total. The van der Waals surface area contributed by atoms with Crippen LogP contribution in [0.15, 0.2) is 30.9 Å². The highest BCUT2D eigenvalue weighted by Crippen LogP contribution is 2.32. The summed E-state index contributed by atoms with van der Waals surface area (Å²) in [6, 6.07) is 5.53. The number of benzene rings is 1. The van der Waals surface area contributed by atoms with E-state index >= 15 is 0 Å². The lowest BCUT2D eigenvalue weighted by atomic mass is 9.85. The van der Waals surface area contributed by atoms with Crippen molar-refractivity contribution in [2.45, 2.75) is 19.3 Å². The molecule has 0 amide bonds. The minimum absolute atomic E-state index is 0.109. The summed E-state index contributed by atoms with van der Waals surface area (Å²) in [6.45, 7) is 7.91.